The van der Waals surface area contributed by atoms with Gasteiger partial charge >= 0.3 is 12.0 Å². The van der Waals surface area contributed by atoms with E-state index in [1.807, 2.05) is 6.92 Å². The van der Waals surface area contributed by atoms with E-state index in [-0.39, 0.29) is 5.97 Å². The van der Waals surface area contributed by atoms with Gasteiger partial charge in [-0.2, -0.15) is 4.68 Å². The van der Waals surface area contributed by atoms with Gasteiger partial charge in [-0.1, -0.05) is 5.10 Å². The van der Waals surface area contributed by atoms with Gasteiger partial charge in [0.25, 0.3) is 0 Å². The third-order valence-corrected chi connectivity index (χ3v) is 3.71. The Morgan fingerprint density at radius 2 is 2.17 bits per heavy atom. The number of methoxy groups -OCH3 is 1. The van der Waals surface area contributed by atoms with Crippen molar-refractivity contribution in [2.24, 2.45) is 0 Å². The summed E-state index contributed by atoms with van der Waals surface area (Å²) in [6, 6.07) is 3.77. The molecule has 8 nitrogen and oxygen atoms in total. The van der Waals surface area contributed by atoms with Crippen molar-refractivity contribution in [2.45, 2.75) is 20.4 Å². The molecule has 0 fully saturated rings. The van der Waals surface area contributed by atoms with Crippen molar-refractivity contribution in [3.8, 4) is 11.8 Å². The predicted octanol–water partition coefficient (Wildman–Crippen LogP) is 2.01. The number of nitrogens with zero attached hydrogens (tertiary/aromatic N) is 4. The molecule has 0 unspecified atom stereocenters. The molecule has 9 heteroatoms. The average molecular weight is 385 g/mol. The number of rotatable bonds is 7. The highest BCUT2D eigenvalue weighted by Crippen LogP contribution is 2.31. The standard InChI is InChI=1S/C14H17BrN4O4/c1-4-22-13(20)10-5-6-11(15)12(9(10)2)23-8-7-19-14(21-3)16-17-18-19/h5-6H,4,7-8H2,1-3H3. The van der Waals surface area contributed by atoms with Gasteiger partial charge in [0.1, 0.15) is 12.4 Å². The van der Waals surface area contributed by atoms with Crippen molar-refractivity contribution >= 4 is 21.9 Å². The van der Waals surface area contributed by atoms with Gasteiger partial charge < -0.3 is 14.2 Å². The maximum atomic E-state index is 11.9. The molecule has 1 heterocycles. The Balaban J connectivity index is 2.10. The van der Waals surface area contributed by atoms with E-state index in [0.717, 1.165) is 4.47 Å². The first kappa shape index (κ1) is 17.2. The number of ether oxygens (including phenoxy) is 3. The van der Waals surface area contributed by atoms with Crippen molar-refractivity contribution in [1.82, 2.24) is 20.2 Å². The topological polar surface area (TPSA) is 88.4 Å². The molecule has 0 bridgehead atoms. The lowest BCUT2D eigenvalue weighted by Gasteiger charge is -2.14. The van der Waals surface area contributed by atoms with Crippen LogP contribution in [-0.4, -0.2) is 46.5 Å². The third-order valence-electron chi connectivity index (χ3n) is 3.08. The van der Waals surface area contributed by atoms with Gasteiger partial charge in [-0.15, -0.1) is 0 Å². The van der Waals surface area contributed by atoms with E-state index in [1.54, 1.807) is 19.1 Å². The molecule has 23 heavy (non-hydrogen) atoms. The van der Waals surface area contributed by atoms with E-state index >= 15 is 0 Å². The highest BCUT2D eigenvalue weighted by atomic mass is 79.9. The fourth-order valence-electron chi connectivity index (χ4n) is 1.98. The number of aromatic nitrogens is 4. The smallest absolute Gasteiger partial charge is 0.338 e. The van der Waals surface area contributed by atoms with Crippen LogP contribution >= 0.6 is 15.9 Å². The van der Waals surface area contributed by atoms with Crippen LogP contribution in [0.5, 0.6) is 11.8 Å². The number of carbonyl (C=O) groups is 1. The lowest BCUT2D eigenvalue weighted by molar-refractivity contribution is 0.0525. The Bertz CT molecular complexity index is 689. The van der Waals surface area contributed by atoms with Crippen LogP contribution in [0.4, 0.5) is 0 Å². The lowest BCUT2D eigenvalue weighted by atomic mass is 10.1. The zero-order valence-electron chi connectivity index (χ0n) is 13.1. The highest BCUT2D eigenvalue weighted by Gasteiger charge is 2.16. The third kappa shape index (κ3) is 3.98. The van der Waals surface area contributed by atoms with Gasteiger partial charge in [-0.05, 0) is 52.3 Å². The van der Waals surface area contributed by atoms with Crippen LogP contribution in [0.1, 0.15) is 22.8 Å². The molecule has 0 saturated carbocycles. The van der Waals surface area contributed by atoms with Gasteiger partial charge in [0.15, 0.2) is 0 Å². The summed E-state index contributed by atoms with van der Waals surface area (Å²) >= 11 is 3.43. The van der Waals surface area contributed by atoms with Crippen LogP contribution < -0.4 is 9.47 Å². The van der Waals surface area contributed by atoms with Crippen LogP contribution in [0.3, 0.4) is 0 Å². The van der Waals surface area contributed by atoms with Crippen molar-refractivity contribution < 1.29 is 19.0 Å². The van der Waals surface area contributed by atoms with E-state index in [1.165, 1.54) is 11.8 Å². The number of benzene rings is 1. The fourth-order valence-corrected chi connectivity index (χ4v) is 2.53. The van der Waals surface area contributed by atoms with Crippen LogP contribution in [-0.2, 0) is 11.3 Å². The van der Waals surface area contributed by atoms with Gasteiger partial charge in [-0.25, -0.2) is 4.79 Å². The minimum atomic E-state index is -0.371. The Morgan fingerprint density at radius 1 is 1.39 bits per heavy atom. The van der Waals surface area contributed by atoms with Crippen molar-refractivity contribution in [3.63, 3.8) is 0 Å². The number of halogens is 1. The van der Waals surface area contributed by atoms with E-state index in [9.17, 15) is 4.79 Å². The maximum absolute atomic E-state index is 11.9. The Morgan fingerprint density at radius 3 is 2.87 bits per heavy atom. The van der Waals surface area contributed by atoms with Crippen molar-refractivity contribution in [1.29, 1.82) is 0 Å². The zero-order valence-corrected chi connectivity index (χ0v) is 14.7. The predicted molar refractivity (Wildman–Crippen MR) is 84.7 cm³/mol. The summed E-state index contributed by atoms with van der Waals surface area (Å²) in [6.45, 7) is 4.62. The Hall–Kier alpha value is -2.16. The van der Waals surface area contributed by atoms with Gasteiger partial charge in [-0.3, -0.25) is 0 Å². The molecule has 0 aliphatic heterocycles. The molecule has 0 N–H and O–H groups in total. The molecule has 0 spiro atoms. The first-order chi connectivity index (χ1) is 11.1. The molecule has 1 aromatic heterocycles. The summed E-state index contributed by atoms with van der Waals surface area (Å²) in [4.78, 5) is 11.9. The molecule has 0 amide bonds. The quantitative estimate of drug-likeness (QED) is 0.674. The number of hydrogen-bond acceptors (Lipinski definition) is 7. The molecule has 2 rings (SSSR count). The van der Waals surface area contributed by atoms with Crippen LogP contribution in [0.15, 0.2) is 16.6 Å². The highest BCUT2D eigenvalue weighted by molar-refractivity contribution is 9.10. The van der Waals surface area contributed by atoms with Gasteiger partial charge in [0, 0.05) is 5.56 Å². The molecule has 0 aliphatic carbocycles. The Kier molecular flexibility index (Phi) is 5.91. The number of esters is 1. The summed E-state index contributed by atoms with van der Waals surface area (Å²) in [5, 5.41) is 11.0. The number of tetrazole rings is 1. The maximum Gasteiger partial charge on any atom is 0.338 e. The molecule has 2 aromatic rings. The summed E-state index contributed by atoms with van der Waals surface area (Å²) in [5.74, 6) is 0.215. The summed E-state index contributed by atoms with van der Waals surface area (Å²) in [7, 11) is 1.49. The molecule has 0 radical (unpaired) electrons. The summed E-state index contributed by atoms with van der Waals surface area (Å²) in [5.41, 5.74) is 1.19. The van der Waals surface area contributed by atoms with E-state index in [0.29, 0.717) is 42.6 Å². The van der Waals surface area contributed by atoms with Crippen LogP contribution in [0, 0.1) is 6.92 Å². The second kappa shape index (κ2) is 7.91. The summed E-state index contributed by atoms with van der Waals surface area (Å²) < 4.78 is 18.1. The van der Waals surface area contributed by atoms with E-state index < -0.39 is 0 Å². The fraction of sp³-hybridized carbons (Fsp3) is 0.429. The zero-order chi connectivity index (χ0) is 16.8. The van der Waals surface area contributed by atoms with Crippen LogP contribution in [0.25, 0.3) is 0 Å². The molecule has 0 aliphatic rings. The van der Waals surface area contributed by atoms with Crippen LogP contribution in [0.2, 0.25) is 0 Å². The SMILES string of the molecule is CCOC(=O)c1ccc(Br)c(OCCn2nnnc2OC)c1C. The number of carbonyl (C=O) groups excluding carboxylic acids is 1. The second-order valence-electron chi connectivity index (χ2n) is 4.51. The minimum absolute atomic E-state index is 0.310. The lowest BCUT2D eigenvalue weighted by Crippen LogP contribution is -2.13. The minimum Gasteiger partial charge on any atom is -0.490 e. The molecular formula is C14H17BrN4O4. The summed E-state index contributed by atoms with van der Waals surface area (Å²) in [6.07, 6.45) is 0. The van der Waals surface area contributed by atoms with E-state index in [4.69, 9.17) is 14.2 Å². The molecule has 0 atom stereocenters. The van der Waals surface area contributed by atoms with Crippen molar-refractivity contribution in [3.05, 3.63) is 27.7 Å². The van der Waals surface area contributed by atoms with Crippen molar-refractivity contribution in [2.75, 3.05) is 20.3 Å². The van der Waals surface area contributed by atoms with E-state index in [2.05, 4.69) is 31.5 Å². The number of hydrogen-bond donors (Lipinski definition) is 0. The monoisotopic (exact) mass is 384 g/mol. The molecule has 124 valence electrons. The first-order valence-electron chi connectivity index (χ1n) is 6.97. The molecule has 0 saturated heterocycles. The average Bonchev–Trinajstić information content (AvgIpc) is 2.98. The normalized spacial score (nSPS) is 10.4. The molecule has 1 aromatic carbocycles. The largest absolute Gasteiger partial charge is 0.490 e. The first-order valence-corrected chi connectivity index (χ1v) is 7.77. The Labute approximate surface area is 141 Å². The molecular weight excluding hydrogens is 368 g/mol. The van der Waals surface area contributed by atoms with Gasteiger partial charge in [0.05, 0.1) is 30.3 Å². The van der Waals surface area contributed by atoms with Gasteiger partial charge in [0.2, 0.25) is 0 Å². The second-order valence-corrected chi connectivity index (χ2v) is 5.36.